The molecule has 27 heavy (non-hydrogen) atoms. The van der Waals surface area contributed by atoms with Crippen molar-refractivity contribution >= 4 is 35.6 Å². The average Bonchev–Trinajstić information content (AvgIpc) is 2.52. The maximum Gasteiger partial charge on any atom is 0.265 e. The van der Waals surface area contributed by atoms with Crippen molar-refractivity contribution in [2.75, 3.05) is 12.5 Å². The van der Waals surface area contributed by atoms with E-state index in [1.807, 2.05) is 4.72 Å². The van der Waals surface area contributed by atoms with Gasteiger partial charge in [-0.1, -0.05) is 12.1 Å². The van der Waals surface area contributed by atoms with Gasteiger partial charge in [-0.3, -0.25) is 4.79 Å². The molecule has 11 heteroatoms. The van der Waals surface area contributed by atoms with Gasteiger partial charge in [0.2, 0.25) is 0 Å². The molecule has 1 amide bonds. The van der Waals surface area contributed by atoms with E-state index in [0.29, 0.717) is 5.56 Å². The molecule has 0 radical (unpaired) electrons. The molecular weight excluding hydrogens is 414 g/mol. The third-order valence-electron chi connectivity index (χ3n) is 3.41. The summed E-state index contributed by atoms with van der Waals surface area (Å²) in [5, 5.41) is 0. The molecule has 0 aliphatic rings. The Balaban J connectivity index is 2.25. The van der Waals surface area contributed by atoms with Crippen LogP contribution in [0.5, 0.6) is 0 Å². The lowest BCUT2D eigenvalue weighted by atomic mass is 10.1. The van der Waals surface area contributed by atoms with Crippen LogP contribution in [0.1, 0.15) is 15.9 Å². The second-order valence-corrected chi connectivity index (χ2v) is 11.8. The van der Waals surface area contributed by atoms with E-state index in [1.165, 1.54) is 24.3 Å². The van der Waals surface area contributed by atoms with Crippen LogP contribution >= 0.6 is 0 Å². The molecule has 2 aromatic carbocycles. The summed E-state index contributed by atoms with van der Waals surface area (Å²) >= 11 is 0. The van der Waals surface area contributed by atoms with E-state index in [-0.39, 0.29) is 21.1 Å². The monoisotopic (exact) mass is 431 g/mol. The number of benzene rings is 2. The second kappa shape index (κ2) is 7.41. The van der Waals surface area contributed by atoms with Gasteiger partial charge in [-0.15, -0.1) is 0 Å². The second-order valence-electron chi connectivity index (χ2n) is 5.95. The van der Waals surface area contributed by atoms with Crippen LogP contribution < -0.4 is 4.72 Å². The Hall–Kier alpha value is -2.24. The number of rotatable bonds is 6. The molecule has 146 valence electrons. The third kappa shape index (κ3) is 5.88. The van der Waals surface area contributed by atoms with Crippen molar-refractivity contribution in [3.8, 4) is 0 Å². The molecule has 0 aliphatic carbocycles. The molecule has 0 spiro atoms. The lowest BCUT2D eigenvalue weighted by Crippen LogP contribution is -2.30. The van der Waals surface area contributed by atoms with Crippen LogP contribution in [0, 0.1) is 0 Å². The lowest BCUT2D eigenvalue weighted by molar-refractivity contribution is 0.0981. The molecule has 0 aromatic heterocycles. The fraction of sp³-hybridized carbons (Fsp3) is 0.188. The molecular formula is C16H17NO7S3. The number of nitrogens with one attached hydrogen (secondary N) is 1. The van der Waals surface area contributed by atoms with Crippen molar-refractivity contribution < 1.29 is 30.0 Å². The highest BCUT2D eigenvalue weighted by Crippen LogP contribution is 2.15. The Morgan fingerprint density at radius 1 is 0.852 bits per heavy atom. The van der Waals surface area contributed by atoms with Gasteiger partial charge in [-0.2, -0.15) is 0 Å². The molecule has 0 bridgehead atoms. The molecule has 0 saturated heterocycles. The molecule has 0 unspecified atom stereocenters. The van der Waals surface area contributed by atoms with Crippen LogP contribution in [0.2, 0.25) is 0 Å². The van der Waals surface area contributed by atoms with Crippen molar-refractivity contribution in [2.45, 2.75) is 15.5 Å². The Morgan fingerprint density at radius 2 is 1.41 bits per heavy atom. The van der Waals surface area contributed by atoms with E-state index in [9.17, 15) is 30.0 Å². The zero-order chi connectivity index (χ0) is 20.5. The topological polar surface area (TPSA) is 132 Å². The van der Waals surface area contributed by atoms with Gasteiger partial charge in [-0.05, 0) is 42.0 Å². The van der Waals surface area contributed by atoms with Gasteiger partial charge >= 0.3 is 0 Å². The van der Waals surface area contributed by atoms with Crippen molar-refractivity contribution in [3.63, 3.8) is 0 Å². The summed E-state index contributed by atoms with van der Waals surface area (Å²) in [7, 11) is -11.0. The quantitative estimate of drug-likeness (QED) is 0.714. The number of sulfonamides is 1. The summed E-state index contributed by atoms with van der Waals surface area (Å²) < 4.78 is 72.1. The summed E-state index contributed by atoms with van der Waals surface area (Å²) in [5.41, 5.74) is 0.326. The molecule has 0 atom stereocenters. The number of carbonyl (C=O) groups excluding carboxylic acids is 1. The standard InChI is InChI=1S/C16H17NO7S3/c1-25(19,20)11-12-4-3-5-13(10-12)16(18)17-27(23,24)15-8-6-14(7-9-15)26(2,21)22/h3-10H,11H2,1-2H3,(H,17,18). The summed E-state index contributed by atoms with van der Waals surface area (Å²) in [6.07, 6.45) is 2.03. The predicted molar refractivity (Wildman–Crippen MR) is 99.2 cm³/mol. The lowest BCUT2D eigenvalue weighted by Gasteiger charge is -2.09. The smallest absolute Gasteiger partial charge is 0.265 e. The van der Waals surface area contributed by atoms with E-state index in [0.717, 1.165) is 36.8 Å². The Bertz CT molecular complexity index is 1180. The Labute approximate surface area is 158 Å². The zero-order valence-corrected chi connectivity index (χ0v) is 16.9. The van der Waals surface area contributed by atoms with Gasteiger partial charge in [0.05, 0.1) is 15.5 Å². The van der Waals surface area contributed by atoms with Crippen LogP contribution in [-0.2, 0) is 35.5 Å². The summed E-state index contributed by atoms with van der Waals surface area (Å²) in [6, 6.07) is 10.0. The SMILES string of the molecule is CS(=O)(=O)Cc1cccc(C(=O)NS(=O)(=O)c2ccc(S(C)(=O)=O)cc2)c1. The largest absolute Gasteiger partial charge is 0.268 e. The predicted octanol–water partition coefficient (Wildman–Crippen LogP) is 0.753. The number of amides is 1. The molecule has 2 aromatic rings. The first kappa shape index (κ1) is 21.1. The van der Waals surface area contributed by atoms with E-state index in [1.54, 1.807) is 0 Å². The summed E-state index contributed by atoms with van der Waals surface area (Å²) in [6.45, 7) is 0. The van der Waals surface area contributed by atoms with Gasteiger partial charge in [0.1, 0.15) is 0 Å². The maximum atomic E-state index is 12.3. The maximum absolute atomic E-state index is 12.3. The highest BCUT2D eigenvalue weighted by molar-refractivity contribution is 7.91. The highest BCUT2D eigenvalue weighted by Gasteiger charge is 2.20. The first-order valence-corrected chi connectivity index (χ1v) is 12.9. The summed E-state index contributed by atoms with van der Waals surface area (Å²) in [5.74, 6) is -1.22. The number of hydrogen-bond acceptors (Lipinski definition) is 7. The minimum Gasteiger partial charge on any atom is -0.268 e. The molecule has 0 aliphatic heterocycles. The average molecular weight is 432 g/mol. The molecule has 8 nitrogen and oxygen atoms in total. The third-order valence-corrected chi connectivity index (χ3v) is 6.74. The van der Waals surface area contributed by atoms with Gasteiger partial charge in [-0.25, -0.2) is 30.0 Å². The Morgan fingerprint density at radius 3 is 1.93 bits per heavy atom. The van der Waals surface area contributed by atoms with Gasteiger partial charge < -0.3 is 0 Å². The van der Waals surface area contributed by atoms with Gasteiger partial charge in [0.15, 0.2) is 19.7 Å². The van der Waals surface area contributed by atoms with Crippen molar-refractivity contribution in [2.24, 2.45) is 0 Å². The Kier molecular flexibility index (Phi) is 5.78. The number of sulfone groups is 2. The minimum absolute atomic E-state index is 0.0209. The van der Waals surface area contributed by atoms with Gasteiger partial charge in [0, 0.05) is 18.1 Å². The van der Waals surface area contributed by atoms with Crippen LogP contribution in [0.4, 0.5) is 0 Å². The van der Waals surface area contributed by atoms with Crippen molar-refractivity contribution in [1.82, 2.24) is 4.72 Å². The van der Waals surface area contributed by atoms with Crippen molar-refractivity contribution in [3.05, 3.63) is 59.7 Å². The minimum atomic E-state index is -4.23. The van der Waals surface area contributed by atoms with Crippen molar-refractivity contribution in [1.29, 1.82) is 0 Å². The molecule has 0 heterocycles. The van der Waals surface area contributed by atoms with E-state index in [4.69, 9.17) is 0 Å². The van der Waals surface area contributed by atoms with Crippen LogP contribution in [0.15, 0.2) is 58.3 Å². The summed E-state index contributed by atoms with van der Waals surface area (Å²) in [4.78, 5) is 11.9. The highest BCUT2D eigenvalue weighted by atomic mass is 32.2. The first-order chi connectivity index (χ1) is 12.3. The van der Waals surface area contributed by atoms with Crippen LogP contribution in [-0.4, -0.2) is 43.7 Å². The zero-order valence-electron chi connectivity index (χ0n) is 14.4. The first-order valence-electron chi connectivity index (χ1n) is 7.42. The fourth-order valence-electron chi connectivity index (χ4n) is 2.21. The molecule has 2 rings (SSSR count). The number of carbonyl (C=O) groups is 1. The van der Waals surface area contributed by atoms with E-state index in [2.05, 4.69) is 0 Å². The normalized spacial score (nSPS) is 12.5. The number of hydrogen-bond donors (Lipinski definition) is 1. The van der Waals surface area contributed by atoms with Crippen LogP contribution in [0.25, 0.3) is 0 Å². The van der Waals surface area contributed by atoms with Crippen LogP contribution in [0.3, 0.4) is 0 Å². The molecule has 0 saturated carbocycles. The fourth-order valence-corrected chi connectivity index (χ4v) is 4.60. The van der Waals surface area contributed by atoms with E-state index >= 15 is 0 Å². The van der Waals surface area contributed by atoms with E-state index < -0.39 is 35.6 Å². The van der Waals surface area contributed by atoms with Gasteiger partial charge in [0.25, 0.3) is 15.9 Å². The molecule has 0 fully saturated rings. The molecule has 1 N–H and O–H groups in total.